The molecule has 0 saturated heterocycles. The summed E-state index contributed by atoms with van der Waals surface area (Å²) in [5, 5.41) is 11.2. The Balaban J connectivity index is 3.34. The summed E-state index contributed by atoms with van der Waals surface area (Å²) in [6.07, 6.45) is 2.98. The maximum Gasteiger partial charge on any atom is 0.0876 e. The summed E-state index contributed by atoms with van der Waals surface area (Å²) in [6.45, 7) is 13.5. The van der Waals surface area contributed by atoms with Crippen LogP contribution >= 0.6 is 0 Å². The van der Waals surface area contributed by atoms with Crippen molar-refractivity contribution >= 4 is 8.07 Å². The second-order valence-electron chi connectivity index (χ2n) is 8.11. The third-order valence-electron chi connectivity index (χ3n) is 5.19. The van der Waals surface area contributed by atoms with Gasteiger partial charge >= 0.3 is 0 Å². The zero-order valence-electron chi connectivity index (χ0n) is 16.1. The van der Waals surface area contributed by atoms with E-state index in [0.717, 1.165) is 19.3 Å². The molecule has 1 N–H and O–H groups in total. The van der Waals surface area contributed by atoms with E-state index in [1.807, 2.05) is 6.07 Å². The van der Waals surface area contributed by atoms with Crippen molar-refractivity contribution in [3.63, 3.8) is 0 Å². The molecule has 1 aromatic carbocycles. The fourth-order valence-corrected chi connectivity index (χ4v) is 6.18. The number of aliphatic hydroxyl groups is 1. The minimum absolute atomic E-state index is 0.0650. The molecule has 0 spiro atoms. The largest absolute Gasteiger partial charge is 0.393 e. The smallest absolute Gasteiger partial charge is 0.0876 e. The summed E-state index contributed by atoms with van der Waals surface area (Å²) < 4.78 is 5.94. The molecule has 0 fully saturated rings. The van der Waals surface area contributed by atoms with Gasteiger partial charge in [0.2, 0.25) is 0 Å². The average Bonchev–Trinajstić information content (AvgIpc) is 2.49. The van der Waals surface area contributed by atoms with E-state index >= 15 is 0 Å². The molecule has 1 rings (SSSR count). The van der Waals surface area contributed by atoms with Gasteiger partial charge in [-0.15, -0.1) is 0 Å². The number of hydrogen-bond donors (Lipinski definition) is 1. The first-order chi connectivity index (χ1) is 10.7. The van der Waals surface area contributed by atoms with E-state index < -0.39 is 13.3 Å². The molecule has 0 heterocycles. The molecule has 132 valence electrons. The Labute approximate surface area is 144 Å². The van der Waals surface area contributed by atoms with Crippen molar-refractivity contribution in [3.05, 3.63) is 35.9 Å². The lowest BCUT2D eigenvalue weighted by atomic mass is 9.79. The van der Waals surface area contributed by atoms with Crippen LogP contribution in [0.3, 0.4) is 0 Å². The second-order valence-corrected chi connectivity index (χ2v) is 13.5. The Bertz CT molecular complexity index is 452. The Kier molecular flexibility index (Phi) is 7.50. The van der Waals surface area contributed by atoms with Crippen molar-refractivity contribution in [1.82, 2.24) is 0 Å². The standard InChI is InChI=1S/C20H36O2Si/c1-8-9-15-20(21,23(5,6)7)18(16(2)3)19(22-4)17-13-11-10-12-14-17/h10-14,16,18-19,21H,8-9,15H2,1-7H3/t18-,19-,20-/m0/s1. The van der Waals surface area contributed by atoms with Crippen LogP contribution in [0, 0.1) is 11.8 Å². The van der Waals surface area contributed by atoms with Gasteiger partial charge in [-0.25, -0.2) is 0 Å². The molecule has 1 aromatic rings. The molecule has 0 radical (unpaired) electrons. The fourth-order valence-electron chi connectivity index (χ4n) is 3.77. The zero-order valence-corrected chi connectivity index (χ0v) is 17.1. The van der Waals surface area contributed by atoms with Gasteiger partial charge in [-0.05, 0) is 17.9 Å². The van der Waals surface area contributed by atoms with E-state index in [1.54, 1.807) is 7.11 Å². The molecule has 0 unspecified atom stereocenters. The molecule has 0 saturated carbocycles. The Morgan fingerprint density at radius 2 is 1.70 bits per heavy atom. The average molecular weight is 337 g/mol. The van der Waals surface area contributed by atoms with Crippen LogP contribution in [-0.2, 0) is 4.74 Å². The summed E-state index contributed by atoms with van der Waals surface area (Å²) in [7, 11) is -0.0350. The molecule has 0 aromatic heterocycles. The first-order valence-corrected chi connectivity index (χ1v) is 12.5. The van der Waals surface area contributed by atoms with Crippen molar-refractivity contribution in [2.24, 2.45) is 11.8 Å². The van der Waals surface area contributed by atoms with Gasteiger partial charge in [0.1, 0.15) is 0 Å². The highest BCUT2D eigenvalue weighted by atomic mass is 28.3. The van der Waals surface area contributed by atoms with Crippen LogP contribution in [0.25, 0.3) is 0 Å². The van der Waals surface area contributed by atoms with Crippen LogP contribution in [0.2, 0.25) is 19.6 Å². The Morgan fingerprint density at radius 1 is 1.13 bits per heavy atom. The predicted molar refractivity (Wildman–Crippen MR) is 102 cm³/mol. The van der Waals surface area contributed by atoms with Gasteiger partial charge in [-0.3, -0.25) is 0 Å². The van der Waals surface area contributed by atoms with E-state index in [-0.39, 0.29) is 12.0 Å². The number of benzene rings is 1. The number of hydrogen-bond acceptors (Lipinski definition) is 2. The number of unbranched alkanes of at least 4 members (excludes halogenated alkanes) is 1. The number of ether oxygens (including phenoxy) is 1. The van der Waals surface area contributed by atoms with E-state index in [9.17, 15) is 5.11 Å². The molecule has 0 bridgehead atoms. The molecule has 2 nitrogen and oxygen atoms in total. The highest BCUT2D eigenvalue weighted by Crippen LogP contribution is 2.45. The Hall–Kier alpha value is -0.643. The minimum atomic E-state index is -1.81. The monoisotopic (exact) mass is 336 g/mol. The van der Waals surface area contributed by atoms with Crippen molar-refractivity contribution in [2.75, 3.05) is 7.11 Å². The maximum absolute atomic E-state index is 11.9. The van der Waals surface area contributed by atoms with Crippen molar-refractivity contribution in [2.45, 2.75) is 71.0 Å². The quantitative estimate of drug-likeness (QED) is 0.608. The van der Waals surface area contributed by atoms with E-state index in [0.29, 0.717) is 5.92 Å². The van der Waals surface area contributed by atoms with Crippen molar-refractivity contribution < 1.29 is 9.84 Å². The molecule has 0 aliphatic heterocycles. The summed E-state index contributed by atoms with van der Waals surface area (Å²) in [6, 6.07) is 10.4. The van der Waals surface area contributed by atoms with Crippen molar-refractivity contribution in [3.8, 4) is 0 Å². The van der Waals surface area contributed by atoms with Crippen LogP contribution in [0.5, 0.6) is 0 Å². The van der Waals surface area contributed by atoms with Crippen molar-refractivity contribution in [1.29, 1.82) is 0 Å². The number of methoxy groups -OCH3 is 1. The van der Waals surface area contributed by atoms with E-state index in [4.69, 9.17) is 4.74 Å². The van der Waals surface area contributed by atoms with Gasteiger partial charge in [0.15, 0.2) is 0 Å². The zero-order chi connectivity index (χ0) is 17.7. The Morgan fingerprint density at radius 3 is 2.09 bits per heavy atom. The maximum atomic E-state index is 11.9. The summed E-state index contributed by atoms with van der Waals surface area (Å²) >= 11 is 0. The van der Waals surface area contributed by atoms with Gasteiger partial charge in [-0.1, -0.05) is 83.6 Å². The molecular formula is C20H36O2Si. The van der Waals surface area contributed by atoms with Gasteiger partial charge < -0.3 is 9.84 Å². The predicted octanol–water partition coefficient (Wildman–Crippen LogP) is 5.45. The third kappa shape index (κ3) is 4.68. The van der Waals surface area contributed by atoms with Crippen LogP contribution in [-0.4, -0.2) is 25.5 Å². The van der Waals surface area contributed by atoms with E-state index in [1.165, 1.54) is 5.56 Å². The van der Waals surface area contributed by atoms with Crippen LogP contribution in [0.4, 0.5) is 0 Å². The van der Waals surface area contributed by atoms with Gasteiger partial charge in [0, 0.05) is 13.0 Å². The highest BCUT2D eigenvalue weighted by Gasteiger charge is 2.51. The summed E-state index contributed by atoms with van der Waals surface area (Å²) in [5.41, 5.74) is 1.17. The second kappa shape index (κ2) is 8.45. The lowest BCUT2D eigenvalue weighted by Gasteiger charge is -2.49. The lowest BCUT2D eigenvalue weighted by molar-refractivity contribution is -0.0689. The number of rotatable bonds is 9. The molecule has 0 aliphatic carbocycles. The highest BCUT2D eigenvalue weighted by molar-refractivity contribution is 6.79. The van der Waals surface area contributed by atoms with Gasteiger partial charge in [0.25, 0.3) is 0 Å². The normalized spacial score (nSPS) is 17.8. The molecule has 23 heavy (non-hydrogen) atoms. The third-order valence-corrected chi connectivity index (χ3v) is 8.37. The molecular weight excluding hydrogens is 300 g/mol. The van der Waals surface area contributed by atoms with Gasteiger partial charge in [0.05, 0.1) is 19.4 Å². The topological polar surface area (TPSA) is 29.5 Å². The fraction of sp³-hybridized carbons (Fsp3) is 0.700. The minimum Gasteiger partial charge on any atom is -0.393 e. The summed E-state index contributed by atoms with van der Waals surface area (Å²) in [5.74, 6) is 0.460. The van der Waals surface area contributed by atoms with Crippen LogP contribution in [0.15, 0.2) is 30.3 Å². The van der Waals surface area contributed by atoms with Crippen LogP contribution in [0.1, 0.15) is 51.7 Å². The van der Waals surface area contributed by atoms with Crippen LogP contribution < -0.4 is 0 Å². The van der Waals surface area contributed by atoms with E-state index in [2.05, 4.69) is 64.7 Å². The molecule has 0 aliphatic rings. The molecule has 3 atom stereocenters. The first-order valence-electron chi connectivity index (χ1n) is 8.99. The first kappa shape index (κ1) is 20.4. The molecule has 0 amide bonds. The summed E-state index contributed by atoms with van der Waals surface area (Å²) in [4.78, 5) is 0. The SMILES string of the molecule is CCCC[C@@](O)([C@@H](C(C)C)[C@@H](OC)c1ccccc1)[Si](C)(C)C. The molecule has 3 heteroatoms. The lowest BCUT2D eigenvalue weighted by Crippen LogP contribution is -2.60. The van der Waals surface area contributed by atoms with Gasteiger partial charge in [-0.2, -0.15) is 0 Å².